The second kappa shape index (κ2) is 5.67. The zero-order valence-electron chi connectivity index (χ0n) is 9.91. The third-order valence-corrected chi connectivity index (χ3v) is 2.45. The summed E-state index contributed by atoms with van der Waals surface area (Å²) in [6, 6.07) is 8.47. The molecular weight excluding hydrogens is 248 g/mol. The molecule has 7 nitrogen and oxygen atoms in total. The molecule has 0 bridgehead atoms. The number of nitrogens with one attached hydrogen (secondary N) is 1. The minimum absolute atomic E-state index is 0.0182. The highest BCUT2D eigenvalue weighted by molar-refractivity contribution is 5.97. The van der Waals surface area contributed by atoms with Crippen LogP contribution >= 0.6 is 0 Å². The van der Waals surface area contributed by atoms with Crippen LogP contribution in [0.5, 0.6) is 0 Å². The standard InChI is InChI=1S/C12H12N4O3/c13-11(15-18)9-3-1-2-8(6-9)7-14-12(17)10-4-5-19-16-10/h1-6,18H,7H2,(H2,13,15)(H,14,17). The summed E-state index contributed by atoms with van der Waals surface area (Å²) in [5.74, 6) is -0.312. The van der Waals surface area contributed by atoms with Crippen molar-refractivity contribution in [1.82, 2.24) is 10.5 Å². The van der Waals surface area contributed by atoms with Crippen molar-refractivity contribution in [3.8, 4) is 0 Å². The molecule has 0 aliphatic heterocycles. The van der Waals surface area contributed by atoms with Crippen molar-refractivity contribution in [2.24, 2.45) is 10.9 Å². The lowest BCUT2D eigenvalue weighted by Crippen LogP contribution is -2.23. The topological polar surface area (TPSA) is 114 Å². The Labute approximate surface area is 108 Å². The minimum atomic E-state index is -0.331. The van der Waals surface area contributed by atoms with Crippen LogP contribution in [0.25, 0.3) is 0 Å². The summed E-state index contributed by atoms with van der Waals surface area (Å²) in [5, 5.41) is 17.7. The monoisotopic (exact) mass is 260 g/mol. The molecule has 0 aliphatic carbocycles. The van der Waals surface area contributed by atoms with Crippen LogP contribution in [0.4, 0.5) is 0 Å². The molecule has 1 aromatic heterocycles. The molecule has 0 fully saturated rings. The van der Waals surface area contributed by atoms with E-state index in [0.717, 1.165) is 5.56 Å². The van der Waals surface area contributed by atoms with E-state index < -0.39 is 0 Å². The summed E-state index contributed by atoms with van der Waals surface area (Å²) >= 11 is 0. The molecule has 1 amide bonds. The van der Waals surface area contributed by atoms with E-state index in [1.807, 2.05) is 6.07 Å². The van der Waals surface area contributed by atoms with Crippen LogP contribution in [0.15, 0.2) is 46.3 Å². The number of benzene rings is 1. The Hall–Kier alpha value is -2.83. The molecular formula is C12H12N4O3. The Morgan fingerprint density at radius 3 is 3.00 bits per heavy atom. The molecule has 0 radical (unpaired) electrons. The van der Waals surface area contributed by atoms with Crippen molar-refractivity contribution >= 4 is 11.7 Å². The summed E-state index contributed by atoms with van der Waals surface area (Å²) in [7, 11) is 0. The van der Waals surface area contributed by atoms with Gasteiger partial charge in [0.2, 0.25) is 0 Å². The van der Waals surface area contributed by atoms with Gasteiger partial charge in [0.15, 0.2) is 11.5 Å². The largest absolute Gasteiger partial charge is 0.409 e. The van der Waals surface area contributed by atoms with Gasteiger partial charge in [-0.2, -0.15) is 0 Å². The SMILES string of the molecule is NC(=NO)c1cccc(CNC(=O)c2ccon2)c1. The van der Waals surface area contributed by atoms with Gasteiger partial charge in [0.1, 0.15) is 6.26 Å². The Balaban J connectivity index is 2.02. The van der Waals surface area contributed by atoms with E-state index in [0.29, 0.717) is 12.1 Å². The van der Waals surface area contributed by atoms with E-state index in [1.54, 1.807) is 18.2 Å². The molecule has 4 N–H and O–H groups in total. The average molecular weight is 260 g/mol. The summed E-state index contributed by atoms with van der Waals surface area (Å²) < 4.78 is 4.58. The van der Waals surface area contributed by atoms with Crippen LogP contribution in [0.1, 0.15) is 21.6 Å². The predicted molar refractivity (Wildman–Crippen MR) is 66.6 cm³/mol. The Kier molecular flexibility index (Phi) is 3.77. The molecule has 2 aromatic rings. The molecule has 0 atom stereocenters. The molecule has 98 valence electrons. The van der Waals surface area contributed by atoms with E-state index in [-0.39, 0.29) is 17.4 Å². The number of amides is 1. The quantitative estimate of drug-likeness (QED) is 0.324. The number of carbonyl (C=O) groups is 1. The summed E-state index contributed by atoms with van der Waals surface area (Å²) in [4.78, 5) is 11.6. The van der Waals surface area contributed by atoms with E-state index in [2.05, 4.69) is 20.2 Å². The van der Waals surface area contributed by atoms with Crippen molar-refractivity contribution in [3.05, 3.63) is 53.4 Å². The zero-order valence-corrected chi connectivity index (χ0v) is 9.91. The number of amidine groups is 1. The molecule has 2 rings (SSSR count). The lowest BCUT2D eigenvalue weighted by molar-refractivity contribution is 0.0942. The third-order valence-electron chi connectivity index (χ3n) is 2.45. The molecule has 0 saturated heterocycles. The van der Waals surface area contributed by atoms with Crippen LogP contribution in [0, 0.1) is 0 Å². The normalized spacial score (nSPS) is 11.3. The molecule has 0 spiro atoms. The van der Waals surface area contributed by atoms with Crippen LogP contribution in [0.3, 0.4) is 0 Å². The highest BCUT2D eigenvalue weighted by Crippen LogP contribution is 2.05. The van der Waals surface area contributed by atoms with Crippen LogP contribution in [0.2, 0.25) is 0 Å². The number of nitrogens with zero attached hydrogens (tertiary/aromatic N) is 2. The Morgan fingerprint density at radius 2 is 2.32 bits per heavy atom. The fourth-order valence-corrected chi connectivity index (χ4v) is 1.50. The first-order valence-electron chi connectivity index (χ1n) is 5.46. The molecule has 0 unspecified atom stereocenters. The van der Waals surface area contributed by atoms with Crippen molar-refractivity contribution in [2.45, 2.75) is 6.54 Å². The number of nitrogens with two attached hydrogens (primary N) is 1. The number of rotatable bonds is 4. The first-order chi connectivity index (χ1) is 9.20. The number of carbonyl (C=O) groups excluding carboxylic acids is 1. The Bertz CT molecular complexity index is 593. The minimum Gasteiger partial charge on any atom is -0.409 e. The van der Waals surface area contributed by atoms with Gasteiger partial charge in [-0.3, -0.25) is 4.79 Å². The van der Waals surface area contributed by atoms with Crippen molar-refractivity contribution in [3.63, 3.8) is 0 Å². The van der Waals surface area contributed by atoms with Gasteiger partial charge in [-0.25, -0.2) is 0 Å². The van der Waals surface area contributed by atoms with E-state index in [9.17, 15) is 4.79 Å². The first-order valence-corrected chi connectivity index (χ1v) is 5.46. The highest BCUT2D eigenvalue weighted by Gasteiger charge is 2.08. The highest BCUT2D eigenvalue weighted by atomic mass is 16.5. The molecule has 1 heterocycles. The molecule has 0 aliphatic rings. The maximum atomic E-state index is 11.6. The van der Waals surface area contributed by atoms with E-state index >= 15 is 0 Å². The summed E-state index contributed by atoms with van der Waals surface area (Å²) in [5.41, 5.74) is 7.10. The zero-order chi connectivity index (χ0) is 13.7. The average Bonchev–Trinajstić information content (AvgIpc) is 2.98. The first kappa shape index (κ1) is 12.6. The Morgan fingerprint density at radius 1 is 1.47 bits per heavy atom. The van der Waals surface area contributed by atoms with Gasteiger partial charge in [0, 0.05) is 18.2 Å². The van der Waals surface area contributed by atoms with Gasteiger partial charge < -0.3 is 20.8 Å². The molecule has 7 heteroatoms. The number of hydrogen-bond donors (Lipinski definition) is 3. The lowest BCUT2D eigenvalue weighted by Gasteiger charge is -2.05. The van der Waals surface area contributed by atoms with Crippen LogP contribution < -0.4 is 11.1 Å². The molecule has 1 aromatic carbocycles. The van der Waals surface area contributed by atoms with Crippen molar-refractivity contribution in [1.29, 1.82) is 0 Å². The van der Waals surface area contributed by atoms with E-state index in [1.165, 1.54) is 12.3 Å². The molecule has 19 heavy (non-hydrogen) atoms. The van der Waals surface area contributed by atoms with Crippen LogP contribution in [-0.2, 0) is 6.54 Å². The van der Waals surface area contributed by atoms with Gasteiger partial charge in [-0.15, -0.1) is 0 Å². The van der Waals surface area contributed by atoms with Gasteiger partial charge in [-0.1, -0.05) is 28.5 Å². The lowest BCUT2D eigenvalue weighted by atomic mass is 10.1. The second-order valence-electron chi connectivity index (χ2n) is 3.75. The third kappa shape index (κ3) is 3.09. The van der Waals surface area contributed by atoms with Crippen molar-refractivity contribution < 1.29 is 14.5 Å². The maximum Gasteiger partial charge on any atom is 0.273 e. The van der Waals surface area contributed by atoms with Gasteiger partial charge in [0.05, 0.1) is 0 Å². The molecule has 0 saturated carbocycles. The van der Waals surface area contributed by atoms with Crippen molar-refractivity contribution in [2.75, 3.05) is 0 Å². The van der Waals surface area contributed by atoms with Gasteiger partial charge >= 0.3 is 0 Å². The van der Waals surface area contributed by atoms with Crippen LogP contribution in [-0.4, -0.2) is 22.1 Å². The smallest absolute Gasteiger partial charge is 0.273 e. The fourth-order valence-electron chi connectivity index (χ4n) is 1.50. The number of oxime groups is 1. The van der Waals surface area contributed by atoms with Gasteiger partial charge in [0.25, 0.3) is 5.91 Å². The van der Waals surface area contributed by atoms with E-state index in [4.69, 9.17) is 10.9 Å². The number of aromatic nitrogens is 1. The summed E-state index contributed by atoms with van der Waals surface area (Å²) in [6.45, 7) is 0.304. The second-order valence-corrected chi connectivity index (χ2v) is 3.75. The number of hydrogen-bond acceptors (Lipinski definition) is 5. The maximum absolute atomic E-state index is 11.6. The predicted octanol–water partition coefficient (Wildman–Crippen LogP) is 0.699. The fraction of sp³-hybridized carbons (Fsp3) is 0.0833. The van der Waals surface area contributed by atoms with Gasteiger partial charge in [-0.05, 0) is 11.6 Å². The summed E-state index contributed by atoms with van der Waals surface area (Å²) in [6.07, 6.45) is 1.33.